The zero-order valence-corrected chi connectivity index (χ0v) is 14.5. The summed E-state index contributed by atoms with van der Waals surface area (Å²) >= 11 is 0. The van der Waals surface area contributed by atoms with Gasteiger partial charge < -0.3 is 4.74 Å². The third kappa shape index (κ3) is 3.43. The van der Waals surface area contributed by atoms with E-state index in [0.717, 1.165) is 37.0 Å². The molecule has 0 aromatic carbocycles. The van der Waals surface area contributed by atoms with Crippen LogP contribution >= 0.6 is 0 Å². The maximum Gasteiger partial charge on any atom is 0.411 e. The number of nitriles is 1. The van der Waals surface area contributed by atoms with E-state index in [0.29, 0.717) is 5.69 Å². The number of ether oxygens (including phenoxy) is 1. The molecule has 1 amide bonds. The highest BCUT2D eigenvalue weighted by Crippen LogP contribution is 2.37. The number of carbonyl (C=O) groups excluding carboxylic acids is 1. The van der Waals surface area contributed by atoms with Crippen molar-refractivity contribution in [2.75, 3.05) is 0 Å². The van der Waals surface area contributed by atoms with E-state index >= 15 is 0 Å². The summed E-state index contributed by atoms with van der Waals surface area (Å²) in [7, 11) is 0. The first-order chi connectivity index (χ1) is 11.4. The van der Waals surface area contributed by atoms with Gasteiger partial charge in [-0.1, -0.05) is 12.1 Å². The lowest BCUT2D eigenvalue weighted by Gasteiger charge is -2.45. The van der Waals surface area contributed by atoms with Crippen LogP contribution in [0.4, 0.5) is 4.79 Å². The van der Waals surface area contributed by atoms with E-state index < -0.39 is 5.60 Å². The normalized spacial score (nSPS) is 23.2. The number of aromatic nitrogens is 1. The molecule has 3 rings (SSSR count). The lowest BCUT2D eigenvalue weighted by molar-refractivity contribution is 0.0000661. The molecule has 5 nitrogen and oxygen atoms in total. The molecule has 2 bridgehead atoms. The molecule has 1 fully saturated rings. The van der Waals surface area contributed by atoms with Gasteiger partial charge in [-0.15, -0.1) is 0 Å². The summed E-state index contributed by atoms with van der Waals surface area (Å²) in [5, 5.41) is 9.04. The molecule has 0 radical (unpaired) electrons. The molecule has 126 valence electrons. The fourth-order valence-electron chi connectivity index (χ4n) is 3.49. The molecule has 5 heteroatoms. The van der Waals surface area contributed by atoms with Crippen LogP contribution in [0, 0.1) is 11.3 Å². The minimum absolute atomic E-state index is 0.0508. The van der Waals surface area contributed by atoms with E-state index in [2.05, 4.69) is 17.1 Å². The summed E-state index contributed by atoms with van der Waals surface area (Å²) in [6.45, 7) is 5.68. The quantitative estimate of drug-likeness (QED) is 0.785. The Balaban J connectivity index is 1.87. The van der Waals surface area contributed by atoms with Crippen molar-refractivity contribution in [2.45, 2.75) is 64.1 Å². The van der Waals surface area contributed by atoms with Gasteiger partial charge in [-0.25, -0.2) is 9.78 Å². The van der Waals surface area contributed by atoms with Gasteiger partial charge in [0.2, 0.25) is 0 Å². The van der Waals surface area contributed by atoms with E-state index in [-0.39, 0.29) is 18.2 Å². The number of hydrogen-bond donors (Lipinski definition) is 0. The summed E-state index contributed by atoms with van der Waals surface area (Å²) in [5.41, 5.74) is 1.91. The second-order valence-corrected chi connectivity index (χ2v) is 7.46. The van der Waals surface area contributed by atoms with Crippen LogP contribution in [-0.4, -0.2) is 33.7 Å². The number of piperidine rings is 1. The van der Waals surface area contributed by atoms with Gasteiger partial charge in [-0.05, 0) is 64.2 Å². The predicted molar refractivity (Wildman–Crippen MR) is 91.0 cm³/mol. The molecular formula is C19H23N3O2. The largest absolute Gasteiger partial charge is 0.444 e. The number of rotatable bonds is 1. The van der Waals surface area contributed by atoms with Gasteiger partial charge >= 0.3 is 6.09 Å². The zero-order chi connectivity index (χ0) is 17.3. The highest BCUT2D eigenvalue weighted by atomic mass is 16.6. The van der Waals surface area contributed by atoms with Crippen LogP contribution in [0.3, 0.4) is 0 Å². The second-order valence-electron chi connectivity index (χ2n) is 7.46. The van der Waals surface area contributed by atoms with E-state index in [1.807, 2.05) is 37.8 Å². The molecule has 3 heterocycles. The molecule has 1 aromatic rings. The van der Waals surface area contributed by atoms with Gasteiger partial charge in [0, 0.05) is 6.04 Å². The Morgan fingerprint density at radius 3 is 2.83 bits per heavy atom. The van der Waals surface area contributed by atoms with Crippen LogP contribution in [0.25, 0.3) is 5.57 Å². The van der Waals surface area contributed by atoms with Crippen LogP contribution in [0.2, 0.25) is 0 Å². The number of amides is 1. The van der Waals surface area contributed by atoms with Gasteiger partial charge in [-0.2, -0.15) is 5.26 Å². The lowest BCUT2D eigenvalue weighted by Crippen LogP contribution is -2.53. The number of hydrogen-bond acceptors (Lipinski definition) is 4. The molecule has 0 spiro atoms. The van der Waals surface area contributed by atoms with Crippen molar-refractivity contribution in [1.82, 2.24) is 9.88 Å². The number of pyridine rings is 1. The van der Waals surface area contributed by atoms with E-state index in [1.165, 1.54) is 0 Å². The zero-order valence-electron chi connectivity index (χ0n) is 14.5. The van der Waals surface area contributed by atoms with Gasteiger partial charge in [0.15, 0.2) is 0 Å². The average molecular weight is 325 g/mol. The molecule has 1 saturated heterocycles. The Kier molecular flexibility index (Phi) is 4.31. The Labute approximate surface area is 142 Å². The van der Waals surface area contributed by atoms with E-state index in [1.54, 1.807) is 6.07 Å². The third-order valence-electron chi connectivity index (χ3n) is 4.43. The van der Waals surface area contributed by atoms with Gasteiger partial charge in [-0.3, -0.25) is 4.90 Å². The molecular weight excluding hydrogens is 302 g/mol. The van der Waals surface area contributed by atoms with E-state index in [4.69, 9.17) is 10.00 Å². The number of fused-ring (bicyclic) bond motifs is 2. The van der Waals surface area contributed by atoms with Crippen molar-refractivity contribution >= 4 is 11.7 Å². The van der Waals surface area contributed by atoms with Crippen molar-refractivity contribution < 1.29 is 9.53 Å². The van der Waals surface area contributed by atoms with Crippen LogP contribution in [0.1, 0.15) is 57.8 Å². The van der Waals surface area contributed by atoms with Crippen molar-refractivity contribution in [3.63, 3.8) is 0 Å². The minimum atomic E-state index is -0.488. The van der Waals surface area contributed by atoms with Crippen molar-refractivity contribution in [3.8, 4) is 6.07 Å². The third-order valence-corrected chi connectivity index (χ3v) is 4.43. The van der Waals surface area contributed by atoms with Crippen LogP contribution in [-0.2, 0) is 4.74 Å². The molecule has 2 unspecified atom stereocenters. The number of carbonyl (C=O) groups is 1. The minimum Gasteiger partial charge on any atom is -0.444 e. The van der Waals surface area contributed by atoms with Crippen molar-refractivity contribution in [3.05, 3.63) is 35.7 Å². The highest BCUT2D eigenvalue weighted by Gasteiger charge is 2.39. The van der Waals surface area contributed by atoms with Gasteiger partial charge in [0.25, 0.3) is 0 Å². The summed E-state index contributed by atoms with van der Waals surface area (Å²) in [5.74, 6) is 0. The molecule has 2 atom stereocenters. The lowest BCUT2D eigenvalue weighted by atomic mass is 9.84. The fraction of sp³-hybridized carbons (Fsp3) is 0.526. The molecule has 2 aliphatic heterocycles. The highest BCUT2D eigenvalue weighted by molar-refractivity contribution is 5.74. The molecule has 1 aromatic heterocycles. The van der Waals surface area contributed by atoms with E-state index in [9.17, 15) is 4.79 Å². The summed E-state index contributed by atoms with van der Waals surface area (Å²) in [4.78, 5) is 18.9. The van der Waals surface area contributed by atoms with Crippen molar-refractivity contribution in [2.24, 2.45) is 0 Å². The molecule has 24 heavy (non-hydrogen) atoms. The predicted octanol–water partition coefficient (Wildman–Crippen LogP) is 3.90. The maximum absolute atomic E-state index is 12.6. The smallest absolute Gasteiger partial charge is 0.411 e. The first-order valence-electron chi connectivity index (χ1n) is 8.47. The van der Waals surface area contributed by atoms with Crippen LogP contribution in [0.15, 0.2) is 24.3 Å². The summed E-state index contributed by atoms with van der Waals surface area (Å²) in [6.07, 6.45) is 5.69. The Morgan fingerprint density at radius 1 is 1.38 bits per heavy atom. The molecule has 0 aliphatic carbocycles. The second kappa shape index (κ2) is 6.27. The summed E-state index contributed by atoms with van der Waals surface area (Å²) in [6, 6.07) is 7.79. The van der Waals surface area contributed by atoms with Gasteiger partial charge in [0.1, 0.15) is 17.4 Å². The first-order valence-corrected chi connectivity index (χ1v) is 8.47. The molecule has 0 N–H and O–H groups in total. The first kappa shape index (κ1) is 16.5. The molecule has 2 aliphatic rings. The Hall–Kier alpha value is -2.35. The van der Waals surface area contributed by atoms with Crippen LogP contribution < -0.4 is 0 Å². The van der Waals surface area contributed by atoms with Crippen molar-refractivity contribution in [1.29, 1.82) is 5.26 Å². The Morgan fingerprint density at radius 2 is 2.17 bits per heavy atom. The summed E-state index contributed by atoms with van der Waals surface area (Å²) < 4.78 is 5.59. The van der Waals surface area contributed by atoms with Crippen LogP contribution in [0.5, 0.6) is 0 Å². The van der Waals surface area contributed by atoms with Gasteiger partial charge in [0.05, 0.1) is 11.7 Å². The molecule has 0 saturated carbocycles. The maximum atomic E-state index is 12.6. The topological polar surface area (TPSA) is 66.2 Å². The monoisotopic (exact) mass is 325 g/mol. The average Bonchev–Trinajstić information content (AvgIpc) is 2.52. The fourth-order valence-corrected chi connectivity index (χ4v) is 3.49. The number of nitrogens with zero attached hydrogens (tertiary/aromatic N) is 3. The SMILES string of the molecule is CC(C)(C)OC(=O)N1C2C=C(c3cccc(C#N)n3)CC1CCC2. The standard InChI is InChI=1S/C19H23N3O2/c1-19(2,3)24-18(23)22-15-7-5-8-16(22)11-13(10-15)17-9-4-6-14(12-20)21-17/h4,6,9-10,15-16H,5,7-8,11H2,1-3H3. The Bertz CT molecular complexity index is 712.